The Morgan fingerprint density at radius 1 is 1.13 bits per heavy atom. The maximum Gasteiger partial charge on any atom is 0.433 e. The van der Waals surface area contributed by atoms with Crippen molar-refractivity contribution in [2.75, 3.05) is 6.54 Å². The number of pyridine rings is 2. The lowest BCUT2D eigenvalue weighted by atomic mass is 10.1. The second-order valence-electron chi connectivity index (χ2n) is 8.27. The van der Waals surface area contributed by atoms with E-state index in [-0.39, 0.29) is 5.82 Å². The molecule has 0 radical (unpaired) electrons. The van der Waals surface area contributed by atoms with Gasteiger partial charge in [-0.15, -0.1) is 0 Å². The molecule has 2 atom stereocenters. The highest BCUT2D eigenvalue weighted by Crippen LogP contribution is 2.29. The number of halogens is 4. The van der Waals surface area contributed by atoms with Gasteiger partial charge in [0.15, 0.2) is 0 Å². The van der Waals surface area contributed by atoms with Crippen molar-refractivity contribution in [3.05, 3.63) is 77.5 Å². The Balaban J connectivity index is 0.000000262. The molecule has 1 aliphatic rings. The molecule has 2 aromatic heterocycles. The van der Waals surface area contributed by atoms with Crippen LogP contribution >= 0.6 is 0 Å². The zero-order chi connectivity index (χ0) is 28.3. The predicted octanol–water partition coefficient (Wildman–Crippen LogP) is 6.08. The number of amides is 1. The molecule has 1 fully saturated rings. The molecule has 1 aromatic carbocycles. The van der Waals surface area contributed by atoms with Crippen molar-refractivity contribution in [3.63, 3.8) is 0 Å². The third-order valence-electron chi connectivity index (χ3n) is 5.47. The van der Waals surface area contributed by atoms with Gasteiger partial charge in [0.2, 0.25) is 6.41 Å². The highest BCUT2D eigenvalue weighted by atomic mass is 32.2. The third kappa shape index (κ3) is 8.98. The fraction of sp³-hybridized carbons (Fsp3) is 0.370. The van der Waals surface area contributed by atoms with Crippen molar-refractivity contribution in [2.24, 2.45) is 0 Å². The molecule has 1 amide bonds. The third-order valence-corrected chi connectivity index (χ3v) is 7.12. The fourth-order valence-electron chi connectivity index (χ4n) is 3.70. The minimum absolute atomic E-state index is 0.287. The molecule has 6 nitrogen and oxygen atoms in total. The first-order chi connectivity index (χ1) is 18.1. The van der Waals surface area contributed by atoms with Crippen molar-refractivity contribution in [2.45, 2.75) is 64.2 Å². The van der Waals surface area contributed by atoms with Gasteiger partial charge in [-0.05, 0) is 80.8 Å². The summed E-state index contributed by atoms with van der Waals surface area (Å²) >= 11 is 0. The minimum Gasteiger partial charge on any atom is -0.355 e. The Hall–Kier alpha value is -3.18. The highest BCUT2D eigenvalue weighted by Gasteiger charge is 2.32. The second kappa shape index (κ2) is 14.7. The molecule has 38 heavy (non-hydrogen) atoms. The largest absolute Gasteiger partial charge is 0.433 e. The van der Waals surface area contributed by atoms with Crippen LogP contribution in [-0.2, 0) is 28.5 Å². The maximum atomic E-state index is 12.7. The molecule has 0 saturated carbocycles. The van der Waals surface area contributed by atoms with E-state index in [9.17, 15) is 26.6 Å². The normalized spacial score (nSPS) is 15.9. The fourth-order valence-corrected chi connectivity index (χ4v) is 5.07. The summed E-state index contributed by atoms with van der Waals surface area (Å²) < 4.78 is 64.2. The number of carbonyl (C=O) groups is 1. The molecule has 206 valence electrons. The van der Waals surface area contributed by atoms with Crippen LogP contribution in [0.25, 0.3) is 11.3 Å². The van der Waals surface area contributed by atoms with Gasteiger partial charge in [-0.2, -0.15) is 13.2 Å². The summed E-state index contributed by atoms with van der Waals surface area (Å²) in [4.78, 5) is 18.7. The van der Waals surface area contributed by atoms with Crippen molar-refractivity contribution < 1.29 is 26.6 Å². The number of rotatable bonds is 6. The lowest BCUT2D eigenvalue weighted by Crippen LogP contribution is -2.28. The lowest BCUT2D eigenvalue weighted by Gasteiger charge is -2.19. The number of hydrogen-bond donors (Lipinski definition) is 1. The molecule has 11 heteroatoms. The Morgan fingerprint density at radius 2 is 1.82 bits per heavy atom. The second-order valence-corrected chi connectivity index (χ2v) is 9.70. The number of alkyl halides is 3. The molecule has 1 saturated heterocycles. The van der Waals surface area contributed by atoms with Gasteiger partial charge in [0, 0.05) is 36.6 Å². The lowest BCUT2D eigenvalue weighted by molar-refractivity contribution is -0.141. The van der Waals surface area contributed by atoms with E-state index >= 15 is 0 Å². The van der Waals surface area contributed by atoms with E-state index in [1.165, 1.54) is 18.2 Å². The summed E-state index contributed by atoms with van der Waals surface area (Å²) in [5.74, 6) is -0.287. The van der Waals surface area contributed by atoms with Gasteiger partial charge in [0.25, 0.3) is 0 Å². The molecule has 1 N–H and O–H groups in total. The molecule has 0 spiro atoms. The maximum absolute atomic E-state index is 12.7. The van der Waals surface area contributed by atoms with Crippen molar-refractivity contribution >= 4 is 17.4 Å². The van der Waals surface area contributed by atoms with E-state index in [0.717, 1.165) is 37.2 Å². The number of nitrogens with zero attached hydrogens (tertiary/aromatic N) is 3. The standard InChI is InChI=1S/C14H12F3N3O.C11H14FNOS.C2H6/c1-9-4-10(6-18-8-21)5-12(20-9)11-2-3-13(19-7-11)14(15,16)17;1-9-3-2-8-13(9)15(14)11-6-4-10(12)5-7-11;1-2/h2-5,7-8H,6H2,1H3,(H,18,21);4-7,9H,2-3,8H2,1H3;1-2H3. The Kier molecular flexibility index (Phi) is 12.0. The molecule has 0 aliphatic carbocycles. The predicted molar refractivity (Wildman–Crippen MR) is 140 cm³/mol. The summed E-state index contributed by atoms with van der Waals surface area (Å²) in [6.07, 6.45) is -0.560. The van der Waals surface area contributed by atoms with E-state index in [1.807, 2.05) is 18.2 Å². The number of hydrogen-bond acceptors (Lipinski definition) is 4. The topological polar surface area (TPSA) is 75.2 Å². The molecular formula is C27H32F4N4O2S. The Bertz CT molecular complexity index is 1190. The summed E-state index contributed by atoms with van der Waals surface area (Å²) in [6, 6.07) is 12.0. The van der Waals surface area contributed by atoms with Gasteiger partial charge in [-0.1, -0.05) is 13.8 Å². The van der Waals surface area contributed by atoms with Crippen LogP contribution in [0, 0.1) is 12.7 Å². The number of benzene rings is 1. The molecule has 3 heterocycles. The van der Waals surface area contributed by atoms with E-state index in [0.29, 0.717) is 40.8 Å². The van der Waals surface area contributed by atoms with Crippen molar-refractivity contribution in [1.82, 2.24) is 19.6 Å². The van der Waals surface area contributed by atoms with Gasteiger partial charge in [-0.25, -0.2) is 12.9 Å². The zero-order valence-corrected chi connectivity index (χ0v) is 22.6. The van der Waals surface area contributed by atoms with Crippen LogP contribution < -0.4 is 5.32 Å². The first kappa shape index (κ1) is 31.0. The van der Waals surface area contributed by atoms with E-state index in [1.54, 1.807) is 31.2 Å². The summed E-state index contributed by atoms with van der Waals surface area (Å²) in [5.41, 5.74) is 1.57. The number of nitrogens with one attached hydrogen (secondary N) is 1. The number of aromatic nitrogens is 2. The van der Waals surface area contributed by atoms with Gasteiger partial charge in [0.1, 0.15) is 22.5 Å². The van der Waals surface area contributed by atoms with Gasteiger partial charge in [-0.3, -0.25) is 14.8 Å². The SMILES string of the molecule is CC.CC1CCCN1S(=O)c1ccc(F)cc1.Cc1cc(CNC=O)cc(-c2ccc(C(F)(F)F)nc2)n1. The van der Waals surface area contributed by atoms with E-state index < -0.39 is 22.9 Å². The van der Waals surface area contributed by atoms with Crippen LogP contribution in [0.3, 0.4) is 0 Å². The first-order valence-electron chi connectivity index (χ1n) is 12.2. The van der Waals surface area contributed by atoms with E-state index in [2.05, 4.69) is 22.2 Å². The Labute approximate surface area is 223 Å². The smallest absolute Gasteiger partial charge is 0.355 e. The highest BCUT2D eigenvalue weighted by molar-refractivity contribution is 7.82. The van der Waals surface area contributed by atoms with Gasteiger partial charge < -0.3 is 5.32 Å². The minimum atomic E-state index is -4.46. The molecule has 3 aromatic rings. The Morgan fingerprint density at radius 3 is 2.34 bits per heavy atom. The van der Waals surface area contributed by atoms with Crippen LogP contribution in [-0.4, -0.2) is 37.5 Å². The first-order valence-corrected chi connectivity index (χ1v) is 13.3. The van der Waals surface area contributed by atoms with Crippen LogP contribution in [0.2, 0.25) is 0 Å². The van der Waals surface area contributed by atoms with Gasteiger partial charge >= 0.3 is 6.18 Å². The van der Waals surface area contributed by atoms with Crippen molar-refractivity contribution in [1.29, 1.82) is 0 Å². The molecule has 2 unspecified atom stereocenters. The van der Waals surface area contributed by atoms with E-state index in [4.69, 9.17) is 0 Å². The monoisotopic (exact) mass is 552 g/mol. The van der Waals surface area contributed by atoms with Crippen LogP contribution in [0.15, 0.2) is 59.6 Å². The average molecular weight is 553 g/mol. The molecule has 4 rings (SSSR count). The van der Waals surface area contributed by atoms with Crippen LogP contribution in [0.1, 0.15) is 50.6 Å². The zero-order valence-electron chi connectivity index (χ0n) is 21.8. The summed E-state index contributed by atoms with van der Waals surface area (Å²) in [6.45, 7) is 9.04. The summed E-state index contributed by atoms with van der Waals surface area (Å²) in [5, 5.41) is 2.53. The average Bonchev–Trinajstić information content (AvgIpc) is 3.34. The number of carbonyl (C=O) groups excluding carboxylic acids is 1. The quantitative estimate of drug-likeness (QED) is 0.297. The van der Waals surface area contributed by atoms with Crippen LogP contribution in [0.4, 0.5) is 17.6 Å². The summed E-state index contributed by atoms with van der Waals surface area (Å²) in [7, 11) is -1.13. The van der Waals surface area contributed by atoms with Crippen molar-refractivity contribution in [3.8, 4) is 11.3 Å². The van der Waals surface area contributed by atoms with Crippen LogP contribution in [0.5, 0.6) is 0 Å². The molecule has 1 aliphatic heterocycles. The molecular weight excluding hydrogens is 520 g/mol. The van der Waals surface area contributed by atoms with Gasteiger partial charge in [0.05, 0.1) is 10.6 Å². The number of aryl methyl sites for hydroxylation is 1. The molecule has 0 bridgehead atoms.